The van der Waals surface area contributed by atoms with Crippen LogP contribution in [0.5, 0.6) is 0 Å². The highest BCUT2D eigenvalue weighted by atomic mass is 16.5. The smallest absolute Gasteiger partial charge is 0.306 e. The van der Waals surface area contributed by atoms with E-state index in [-0.39, 0.29) is 5.91 Å². The summed E-state index contributed by atoms with van der Waals surface area (Å²) < 4.78 is 5.49. The summed E-state index contributed by atoms with van der Waals surface area (Å²) in [5, 5.41) is 12.1. The van der Waals surface area contributed by atoms with Crippen molar-refractivity contribution in [3.05, 3.63) is 65.7 Å². The molecule has 1 aliphatic heterocycles. The molecule has 5 heteroatoms. The number of carboxylic acid groups (broad SMARTS) is 1. The topological polar surface area (TPSA) is 75.6 Å². The molecule has 1 fully saturated rings. The number of nitrogens with one attached hydrogen (secondary N) is 1. The summed E-state index contributed by atoms with van der Waals surface area (Å²) >= 11 is 0. The van der Waals surface area contributed by atoms with Gasteiger partial charge in [-0.05, 0) is 42.5 Å². The molecule has 5 nitrogen and oxygen atoms in total. The van der Waals surface area contributed by atoms with Gasteiger partial charge in [-0.3, -0.25) is 9.59 Å². The Bertz CT molecular complexity index is 780. The lowest BCUT2D eigenvalue weighted by atomic mass is 9.73. The van der Waals surface area contributed by atoms with Gasteiger partial charge < -0.3 is 15.2 Å². The van der Waals surface area contributed by atoms with Crippen LogP contribution in [0.25, 0.3) is 0 Å². The molecule has 0 saturated carbocycles. The van der Waals surface area contributed by atoms with Crippen LogP contribution in [-0.2, 0) is 26.2 Å². The number of aliphatic carboxylic acids is 1. The third kappa shape index (κ3) is 4.37. The van der Waals surface area contributed by atoms with Gasteiger partial charge in [0.15, 0.2) is 0 Å². The van der Waals surface area contributed by atoms with Gasteiger partial charge in [-0.1, -0.05) is 49.4 Å². The summed E-state index contributed by atoms with van der Waals surface area (Å²) in [5.41, 5.74) is 2.08. The van der Waals surface area contributed by atoms with E-state index in [0.29, 0.717) is 38.2 Å². The molecule has 2 aromatic carbocycles. The summed E-state index contributed by atoms with van der Waals surface area (Å²) in [7, 11) is 0. The van der Waals surface area contributed by atoms with Gasteiger partial charge in [0.1, 0.15) is 0 Å². The van der Waals surface area contributed by atoms with Gasteiger partial charge in [0, 0.05) is 18.9 Å². The van der Waals surface area contributed by atoms with Crippen molar-refractivity contribution < 1.29 is 19.4 Å². The minimum atomic E-state index is -0.809. The highest BCUT2D eigenvalue weighted by molar-refractivity contribution is 5.99. The largest absolute Gasteiger partial charge is 0.481 e. The van der Waals surface area contributed by atoms with E-state index in [4.69, 9.17) is 9.84 Å². The van der Waals surface area contributed by atoms with Gasteiger partial charge >= 0.3 is 5.97 Å². The van der Waals surface area contributed by atoms with Crippen molar-refractivity contribution in [3.63, 3.8) is 0 Å². The Labute approximate surface area is 159 Å². The van der Waals surface area contributed by atoms with Crippen molar-refractivity contribution in [2.45, 2.75) is 31.6 Å². The normalized spacial score (nSPS) is 17.1. The molecular weight excluding hydrogens is 342 g/mol. The Balaban J connectivity index is 1.75. The fourth-order valence-corrected chi connectivity index (χ4v) is 3.54. The summed E-state index contributed by atoms with van der Waals surface area (Å²) in [6.07, 6.45) is 1.77. The Morgan fingerprint density at radius 3 is 2.30 bits per heavy atom. The number of carbonyl (C=O) groups is 2. The molecular formula is C22H25NO4. The van der Waals surface area contributed by atoms with E-state index in [1.165, 1.54) is 0 Å². The molecule has 0 spiro atoms. The first kappa shape index (κ1) is 19.1. The average Bonchev–Trinajstić information content (AvgIpc) is 2.70. The van der Waals surface area contributed by atoms with Crippen molar-refractivity contribution in [1.29, 1.82) is 0 Å². The van der Waals surface area contributed by atoms with Crippen LogP contribution in [0.2, 0.25) is 0 Å². The van der Waals surface area contributed by atoms with E-state index in [0.717, 1.165) is 11.1 Å². The molecule has 1 atom stereocenters. The molecule has 0 aromatic heterocycles. The molecule has 1 unspecified atom stereocenters. The quantitative estimate of drug-likeness (QED) is 0.817. The molecule has 2 aromatic rings. The first-order valence-electron chi connectivity index (χ1n) is 9.28. The number of anilines is 1. The molecule has 142 valence electrons. The molecule has 27 heavy (non-hydrogen) atoms. The van der Waals surface area contributed by atoms with E-state index in [1.54, 1.807) is 6.92 Å². The second-order valence-corrected chi connectivity index (χ2v) is 7.15. The maximum absolute atomic E-state index is 13.2. The Morgan fingerprint density at radius 1 is 1.07 bits per heavy atom. The summed E-state index contributed by atoms with van der Waals surface area (Å²) in [6.45, 7) is 2.81. The van der Waals surface area contributed by atoms with Crippen molar-refractivity contribution in [2.75, 3.05) is 18.5 Å². The lowest BCUT2D eigenvalue weighted by molar-refractivity contribution is -0.141. The number of benzene rings is 2. The van der Waals surface area contributed by atoms with Crippen molar-refractivity contribution >= 4 is 17.6 Å². The van der Waals surface area contributed by atoms with Crippen LogP contribution in [0.1, 0.15) is 30.9 Å². The molecule has 3 rings (SSSR count). The zero-order chi connectivity index (χ0) is 19.3. The minimum Gasteiger partial charge on any atom is -0.481 e. The Hall–Kier alpha value is -2.66. The average molecular weight is 367 g/mol. The van der Waals surface area contributed by atoms with Crippen molar-refractivity contribution in [3.8, 4) is 0 Å². The van der Waals surface area contributed by atoms with E-state index in [1.807, 2.05) is 54.6 Å². The predicted molar refractivity (Wildman–Crippen MR) is 104 cm³/mol. The number of ether oxygens (including phenoxy) is 1. The minimum absolute atomic E-state index is 0.0244. The van der Waals surface area contributed by atoms with Crippen LogP contribution in [0.3, 0.4) is 0 Å². The van der Waals surface area contributed by atoms with Crippen LogP contribution >= 0.6 is 0 Å². The Morgan fingerprint density at radius 2 is 1.70 bits per heavy atom. The standard InChI is InChI=1S/C22H25NO4/c1-16(20(24)25)15-17-7-9-19(10-8-17)23-21(26)22(11-13-27-14-12-22)18-5-3-2-4-6-18/h2-10,16H,11-15H2,1H3,(H,23,26)(H,24,25). The zero-order valence-corrected chi connectivity index (χ0v) is 15.5. The molecule has 0 aliphatic carbocycles. The fourth-order valence-electron chi connectivity index (χ4n) is 3.54. The third-order valence-electron chi connectivity index (χ3n) is 5.28. The molecule has 1 amide bonds. The van der Waals surface area contributed by atoms with Crippen LogP contribution in [0.4, 0.5) is 5.69 Å². The van der Waals surface area contributed by atoms with Gasteiger partial charge in [0.05, 0.1) is 11.3 Å². The van der Waals surface area contributed by atoms with E-state index >= 15 is 0 Å². The number of amides is 1. The van der Waals surface area contributed by atoms with E-state index < -0.39 is 17.3 Å². The maximum Gasteiger partial charge on any atom is 0.306 e. The lowest BCUT2D eigenvalue weighted by Gasteiger charge is -2.36. The molecule has 1 heterocycles. The van der Waals surface area contributed by atoms with Gasteiger partial charge in [0.25, 0.3) is 0 Å². The first-order chi connectivity index (χ1) is 13.0. The summed E-state index contributed by atoms with van der Waals surface area (Å²) in [6, 6.07) is 17.3. The van der Waals surface area contributed by atoms with Crippen LogP contribution in [-0.4, -0.2) is 30.2 Å². The zero-order valence-electron chi connectivity index (χ0n) is 15.5. The van der Waals surface area contributed by atoms with Gasteiger partial charge in [-0.15, -0.1) is 0 Å². The number of hydrogen-bond acceptors (Lipinski definition) is 3. The van der Waals surface area contributed by atoms with Crippen LogP contribution in [0.15, 0.2) is 54.6 Å². The molecule has 0 bridgehead atoms. The molecule has 0 radical (unpaired) electrons. The molecule has 1 aliphatic rings. The van der Waals surface area contributed by atoms with Gasteiger partial charge in [-0.25, -0.2) is 0 Å². The first-order valence-corrected chi connectivity index (χ1v) is 9.28. The van der Waals surface area contributed by atoms with Gasteiger partial charge in [-0.2, -0.15) is 0 Å². The monoisotopic (exact) mass is 367 g/mol. The number of hydrogen-bond donors (Lipinski definition) is 2. The lowest BCUT2D eigenvalue weighted by Crippen LogP contribution is -2.44. The van der Waals surface area contributed by atoms with Crippen LogP contribution in [0, 0.1) is 5.92 Å². The number of carbonyl (C=O) groups excluding carboxylic acids is 1. The summed E-state index contributed by atoms with van der Waals surface area (Å²) in [4.78, 5) is 24.2. The fraction of sp³-hybridized carbons (Fsp3) is 0.364. The SMILES string of the molecule is CC(Cc1ccc(NC(=O)C2(c3ccccc3)CCOCC2)cc1)C(=O)O. The third-order valence-corrected chi connectivity index (χ3v) is 5.28. The second-order valence-electron chi connectivity index (χ2n) is 7.15. The molecule has 2 N–H and O–H groups in total. The second kappa shape index (κ2) is 8.35. The highest BCUT2D eigenvalue weighted by Gasteiger charge is 2.41. The summed E-state index contributed by atoms with van der Waals surface area (Å²) in [5.74, 6) is -1.27. The maximum atomic E-state index is 13.2. The molecule has 1 saturated heterocycles. The van der Waals surface area contributed by atoms with Crippen molar-refractivity contribution in [1.82, 2.24) is 0 Å². The predicted octanol–water partition coefficient (Wildman–Crippen LogP) is 3.64. The van der Waals surface area contributed by atoms with Crippen molar-refractivity contribution in [2.24, 2.45) is 5.92 Å². The van der Waals surface area contributed by atoms with Crippen LogP contribution < -0.4 is 5.32 Å². The number of rotatable bonds is 6. The van der Waals surface area contributed by atoms with E-state index in [9.17, 15) is 9.59 Å². The number of carboxylic acids is 1. The van der Waals surface area contributed by atoms with E-state index in [2.05, 4.69) is 5.32 Å². The van der Waals surface area contributed by atoms with Gasteiger partial charge in [0.2, 0.25) is 5.91 Å². The highest BCUT2D eigenvalue weighted by Crippen LogP contribution is 2.36. The Kier molecular flexibility index (Phi) is 5.91.